The first-order valence-corrected chi connectivity index (χ1v) is 7.29. The summed E-state index contributed by atoms with van der Waals surface area (Å²) < 4.78 is 0. The highest BCUT2D eigenvalue weighted by atomic mass is 15.2. The van der Waals surface area contributed by atoms with E-state index in [1.54, 1.807) is 0 Å². The third-order valence-corrected chi connectivity index (χ3v) is 4.12. The van der Waals surface area contributed by atoms with Crippen LogP contribution in [0.1, 0.15) is 29.2 Å². The van der Waals surface area contributed by atoms with Gasteiger partial charge in [-0.1, -0.05) is 30.3 Å². The Morgan fingerprint density at radius 2 is 2.00 bits per heavy atom. The molecule has 3 heteroatoms. The summed E-state index contributed by atoms with van der Waals surface area (Å²) >= 11 is 0. The molecule has 1 atom stereocenters. The van der Waals surface area contributed by atoms with Gasteiger partial charge in [-0.15, -0.1) is 0 Å². The highest BCUT2D eigenvalue weighted by molar-refractivity contribution is 5.28. The number of pyridine rings is 1. The molecule has 1 aliphatic heterocycles. The van der Waals surface area contributed by atoms with Gasteiger partial charge in [0.25, 0.3) is 0 Å². The molecular formula is C17H21N3. The fourth-order valence-electron chi connectivity index (χ4n) is 3.06. The number of aryl methyl sites for hydroxylation is 1. The Labute approximate surface area is 120 Å². The Bertz CT molecular complexity index is 553. The molecule has 0 spiro atoms. The second-order valence-electron chi connectivity index (χ2n) is 5.38. The van der Waals surface area contributed by atoms with Crippen LogP contribution in [0.5, 0.6) is 0 Å². The molecule has 1 aliphatic rings. The van der Waals surface area contributed by atoms with E-state index in [1.807, 2.05) is 18.5 Å². The zero-order valence-electron chi connectivity index (χ0n) is 11.7. The lowest BCUT2D eigenvalue weighted by molar-refractivity contribution is 0.195. The summed E-state index contributed by atoms with van der Waals surface area (Å²) in [4.78, 5) is 6.72. The molecule has 3 nitrogen and oxygen atoms in total. The number of hydrogen-bond donors (Lipinski definition) is 1. The molecule has 3 rings (SSSR count). The van der Waals surface area contributed by atoms with Crippen molar-refractivity contribution < 1.29 is 0 Å². The number of nitrogens with zero attached hydrogens (tertiary/aromatic N) is 2. The van der Waals surface area contributed by atoms with Crippen LogP contribution in [-0.2, 0) is 13.0 Å². The van der Waals surface area contributed by atoms with E-state index in [0.717, 1.165) is 19.5 Å². The van der Waals surface area contributed by atoms with Crippen LogP contribution in [-0.4, -0.2) is 23.0 Å². The lowest BCUT2D eigenvalue weighted by Crippen LogP contribution is -2.33. The molecule has 2 heterocycles. The van der Waals surface area contributed by atoms with Gasteiger partial charge in [0.15, 0.2) is 0 Å². The van der Waals surface area contributed by atoms with Crippen LogP contribution in [0.15, 0.2) is 48.8 Å². The highest BCUT2D eigenvalue weighted by Crippen LogP contribution is 2.26. The van der Waals surface area contributed by atoms with Crippen molar-refractivity contribution in [2.75, 3.05) is 13.1 Å². The maximum absolute atomic E-state index is 6.04. The van der Waals surface area contributed by atoms with Crippen molar-refractivity contribution in [3.63, 3.8) is 0 Å². The monoisotopic (exact) mass is 267 g/mol. The molecule has 0 saturated carbocycles. The largest absolute Gasteiger partial charge is 0.329 e. The molecule has 0 aliphatic carbocycles. The summed E-state index contributed by atoms with van der Waals surface area (Å²) in [7, 11) is 0. The predicted octanol–water partition coefficient (Wildman–Crippen LogP) is 2.53. The molecule has 1 unspecified atom stereocenters. The Hall–Kier alpha value is -1.71. The van der Waals surface area contributed by atoms with E-state index in [0.29, 0.717) is 6.54 Å². The van der Waals surface area contributed by atoms with Gasteiger partial charge in [-0.25, -0.2) is 0 Å². The second-order valence-corrected chi connectivity index (χ2v) is 5.38. The Morgan fingerprint density at radius 3 is 2.75 bits per heavy atom. The van der Waals surface area contributed by atoms with Gasteiger partial charge in [-0.2, -0.15) is 0 Å². The standard InChI is InChI=1S/C17H21N3/c18-11-17(15-7-3-9-19-12-15)20-10-4-8-14-5-1-2-6-16(14)13-20/h1-3,5-7,9,12,17H,4,8,10-11,13,18H2. The van der Waals surface area contributed by atoms with Crippen molar-refractivity contribution in [1.82, 2.24) is 9.88 Å². The number of nitrogens with two attached hydrogens (primary N) is 1. The Balaban J connectivity index is 1.86. The third kappa shape index (κ3) is 2.74. The number of rotatable bonds is 3. The quantitative estimate of drug-likeness (QED) is 0.929. The topological polar surface area (TPSA) is 42.1 Å². The van der Waals surface area contributed by atoms with Crippen LogP contribution in [0.3, 0.4) is 0 Å². The van der Waals surface area contributed by atoms with Gasteiger partial charge in [0.1, 0.15) is 0 Å². The van der Waals surface area contributed by atoms with Crippen molar-refractivity contribution in [2.45, 2.75) is 25.4 Å². The van der Waals surface area contributed by atoms with Gasteiger partial charge in [0.2, 0.25) is 0 Å². The Kier molecular flexibility index (Phi) is 4.09. The second kappa shape index (κ2) is 6.16. The summed E-state index contributed by atoms with van der Waals surface area (Å²) in [6.07, 6.45) is 6.11. The molecule has 0 radical (unpaired) electrons. The first-order valence-electron chi connectivity index (χ1n) is 7.29. The van der Waals surface area contributed by atoms with E-state index >= 15 is 0 Å². The first-order chi connectivity index (χ1) is 9.88. The Morgan fingerprint density at radius 1 is 1.15 bits per heavy atom. The summed E-state index contributed by atoms with van der Waals surface area (Å²) in [5.41, 5.74) is 10.2. The summed E-state index contributed by atoms with van der Waals surface area (Å²) in [5.74, 6) is 0. The summed E-state index contributed by atoms with van der Waals surface area (Å²) in [6, 6.07) is 13.1. The van der Waals surface area contributed by atoms with Gasteiger partial charge in [-0.05, 0) is 42.1 Å². The van der Waals surface area contributed by atoms with E-state index in [2.05, 4.69) is 40.2 Å². The lowest BCUT2D eigenvalue weighted by Gasteiger charge is -2.30. The van der Waals surface area contributed by atoms with E-state index < -0.39 is 0 Å². The minimum absolute atomic E-state index is 0.259. The maximum atomic E-state index is 6.04. The fraction of sp³-hybridized carbons (Fsp3) is 0.353. The van der Waals surface area contributed by atoms with Crippen molar-refractivity contribution in [1.29, 1.82) is 0 Å². The molecule has 1 aromatic carbocycles. The third-order valence-electron chi connectivity index (χ3n) is 4.12. The van der Waals surface area contributed by atoms with Crippen LogP contribution in [0.2, 0.25) is 0 Å². The molecule has 20 heavy (non-hydrogen) atoms. The van der Waals surface area contributed by atoms with Crippen molar-refractivity contribution in [2.24, 2.45) is 5.73 Å². The smallest absolute Gasteiger partial charge is 0.0489 e. The van der Waals surface area contributed by atoms with E-state index in [9.17, 15) is 0 Å². The zero-order valence-corrected chi connectivity index (χ0v) is 11.7. The van der Waals surface area contributed by atoms with Gasteiger partial charge >= 0.3 is 0 Å². The first kappa shape index (κ1) is 13.3. The minimum Gasteiger partial charge on any atom is -0.329 e. The van der Waals surface area contributed by atoms with Gasteiger partial charge < -0.3 is 5.73 Å². The van der Waals surface area contributed by atoms with Crippen LogP contribution >= 0.6 is 0 Å². The fourth-order valence-corrected chi connectivity index (χ4v) is 3.06. The van der Waals surface area contributed by atoms with E-state index in [1.165, 1.54) is 23.1 Å². The van der Waals surface area contributed by atoms with Crippen molar-refractivity contribution in [3.05, 3.63) is 65.5 Å². The lowest BCUT2D eigenvalue weighted by atomic mass is 10.0. The average Bonchev–Trinajstić information content (AvgIpc) is 2.71. The van der Waals surface area contributed by atoms with Gasteiger partial charge in [0.05, 0.1) is 0 Å². The minimum atomic E-state index is 0.259. The highest BCUT2D eigenvalue weighted by Gasteiger charge is 2.22. The molecule has 2 aromatic rings. The van der Waals surface area contributed by atoms with Gasteiger partial charge in [-0.3, -0.25) is 9.88 Å². The number of aromatic nitrogens is 1. The van der Waals surface area contributed by atoms with Crippen LogP contribution in [0.4, 0.5) is 0 Å². The number of hydrogen-bond acceptors (Lipinski definition) is 3. The molecule has 0 bridgehead atoms. The molecule has 0 saturated heterocycles. The molecular weight excluding hydrogens is 246 g/mol. The average molecular weight is 267 g/mol. The maximum Gasteiger partial charge on any atom is 0.0489 e. The number of fused-ring (bicyclic) bond motifs is 1. The van der Waals surface area contributed by atoms with E-state index in [-0.39, 0.29) is 6.04 Å². The number of benzene rings is 1. The summed E-state index contributed by atoms with van der Waals surface area (Å²) in [5, 5.41) is 0. The molecule has 2 N–H and O–H groups in total. The van der Waals surface area contributed by atoms with Crippen molar-refractivity contribution >= 4 is 0 Å². The normalized spacial score (nSPS) is 17.2. The van der Waals surface area contributed by atoms with E-state index in [4.69, 9.17) is 5.73 Å². The van der Waals surface area contributed by atoms with Crippen molar-refractivity contribution in [3.8, 4) is 0 Å². The zero-order chi connectivity index (χ0) is 13.8. The van der Waals surface area contributed by atoms with Gasteiger partial charge in [0, 0.05) is 31.5 Å². The van der Waals surface area contributed by atoms with Crippen LogP contribution in [0.25, 0.3) is 0 Å². The van der Waals surface area contributed by atoms with Crippen LogP contribution in [0, 0.1) is 0 Å². The molecule has 1 aromatic heterocycles. The molecule has 0 amide bonds. The molecule has 104 valence electrons. The molecule has 0 fully saturated rings. The summed E-state index contributed by atoms with van der Waals surface area (Å²) in [6.45, 7) is 2.70. The van der Waals surface area contributed by atoms with Crippen LogP contribution < -0.4 is 5.73 Å². The predicted molar refractivity (Wildman–Crippen MR) is 81.2 cm³/mol. The SMILES string of the molecule is NCC(c1cccnc1)N1CCCc2ccccc2C1.